The third kappa shape index (κ3) is 3.92. The Bertz CT molecular complexity index is 856. The normalized spacial score (nSPS) is 17.7. The van der Waals surface area contributed by atoms with Crippen LogP contribution < -0.4 is 10.6 Å². The van der Waals surface area contributed by atoms with E-state index in [1.165, 1.54) is 26.0 Å². The molecule has 1 atom stereocenters. The van der Waals surface area contributed by atoms with E-state index >= 15 is 0 Å². The first-order valence-corrected chi connectivity index (χ1v) is 10.0. The first-order chi connectivity index (χ1) is 12.0. The van der Waals surface area contributed by atoms with E-state index in [1.807, 2.05) is 0 Å². The van der Waals surface area contributed by atoms with Gasteiger partial charge < -0.3 is 15.7 Å². The maximum Gasteiger partial charge on any atom is 0.319 e. The van der Waals surface area contributed by atoms with Crippen LogP contribution in [0.2, 0.25) is 5.02 Å². The molecular weight excluding hydrogens is 406 g/mol. The summed E-state index contributed by atoms with van der Waals surface area (Å²) >= 11 is 11.9. The molecule has 2 rings (SSSR count). The maximum atomic E-state index is 13.2. The number of anilines is 1. The van der Waals surface area contributed by atoms with E-state index in [0.29, 0.717) is 11.5 Å². The summed E-state index contributed by atoms with van der Waals surface area (Å²) in [5.74, 6) is -0.748. The quantitative estimate of drug-likeness (QED) is 0.622. The minimum atomic E-state index is -4.30. The summed E-state index contributed by atoms with van der Waals surface area (Å²) in [6.45, 7) is 1.19. The summed E-state index contributed by atoms with van der Waals surface area (Å²) in [5.41, 5.74) is -0.168. The molecule has 1 aromatic carbocycles. The zero-order valence-corrected chi connectivity index (χ0v) is 16.5. The topological polar surface area (TPSA) is 95.5 Å². The smallest absolute Gasteiger partial charge is 0.319 e. The Balaban J connectivity index is 2.32. The van der Waals surface area contributed by atoms with Gasteiger partial charge in [-0.15, -0.1) is 0 Å². The van der Waals surface area contributed by atoms with Gasteiger partial charge in [0.15, 0.2) is 15.6 Å². The second-order valence-corrected chi connectivity index (χ2v) is 9.85. The monoisotopic (exact) mass is 424 g/mol. The predicted molar refractivity (Wildman–Crippen MR) is 99.5 cm³/mol. The van der Waals surface area contributed by atoms with Crippen LogP contribution in [0.15, 0.2) is 28.1 Å². The third-order valence-corrected chi connectivity index (χ3v) is 7.44. The van der Waals surface area contributed by atoms with Gasteiger partial charge >= 0.3 is 6.03 Å². The lowest BCUT2D eigenvalue weighted by atomic mass is 10.2. The number of sulfone groups is 1. The fourth-order valence-corrected chi connectivity index (χ4v) is 4.49. The highest BCUT2D eigenvalue weighted by atomic mass is 35.5. The van der Waals surface area contributed by atoms with Crippen LogP contribution in [0.1, 0.15) is 26.7 Å². The van der Waals surface area contributed by atoms with Crippen molar-refractivity contribution in [1.29, 1.82) is 0 Å². The van der Waals surface area contributed by atoms with Crippen molar-refractivity contribution in [2.75, 3.05) is 12.0 Å². The molecule has 3 N–H and O–H groups in total. The number of halogens is 3. The van der Waals surface area contributed by atoms with E-state index < -0.39 is 37.9 Å². The van der Waals surface area contributed by atoms with Crippen molar-refractivity contribution in [3.05, 3.63) is 28.3 Å². The lowest BCUT2D eigenvalue weighted by molar-refractivity contribution is 0.250. The highest BCUT2D eigenvalue weighted by Crippen LogP contribution is 2.41. The maximum absolute atomic E-state index is 13.2. The number of carbonyl (C=O) groups excluding carboxylic acids is 1. The Labute approximate surface area is 161 Å². The number of hydrogen-bond donors (Lipinski definition) is 3. The number of carbonyl (C=O) groups is 1. The molecule has 0 saturated carbocycles. The van der Waals surface area contributed by atoms with Gasteiger partial charge in [-0.05, 0) is 38.8 Å². The number of benzene rings is 1. The lowest BCUT2D eigenvalue weighted by Gasteiger charge is -2.23. The molecule has 0 aliphatic heterocycles. The number of rotatable bonds is 5. The number of phenols is 1. The lowest BCUT2D eigenvalue weighted by Crippen LogP contribution is -2.37. The van der Waals surface area contributed by atoms with Crippen molar-refractivity contribution in [2.45, 2.75) is 42.4 Å². The second kappa shape index (κ2) is 7.62. The minimum Gasteiger partial charge on any atom is -0.504 e. The Morgan fingerprint density at radius 3 is 2.58 bits per heavy atom. The third-order valence-electron chi connectivity index (χ3n) is 4.08. The van der Waals surface area contributed by atoms with E-state index in [0.717, 1.165) is 6.42 Å². The molecule has 1 unspecified atom stereocenters. The van der Waals surface area contributed by atoms with Crippen LogP contribution in [0.3, 0.4) is 0 Å². The standard InChI is InChI=1S/C16H19Cl2FN2O4S/c1-16(2,8-19)26(24,25)14-10(18)6-7-12(13(14)22)21-15(23)20-11-5-3-4-9(11)17/h4,6-7,11,22H,3,5,8H2,1-2H3,(H2,20,21,23). The summed E-state index contributed by atoms with van der Waals surface area (Å²) in [7, 11) is -4.30. The molecule has 0 aromatic heterocycles. The number of urea groups is 1. The van der Waals surface area contributed by atoms with E-state index in [4.69, 9.17) is 23.2 Å². The van der Waals surface area contributed by atoms with Gasteiger partial charge in [0.2, 0.25) is 0 Å². The van der Waals surface area contributed by atoms with Crippen molar-refractivity contribution in [3.8, 4) is 5.75 Å². The zero-order valence-electron chi connectivity index (χ0n) is 14.1. The summed E-state index contributed by atoms with van der Waals surface area (Å²) in [6.07, 6.45) is 3.16. The van der Waals surface area contributed by atoms with Gasteiger partial charge in [0.25, 0.3) is 0 Å². The Morgan fingerprint density at radius 2 is 2.04 bits per heavy atom. The molecule has 26 heavy (non-hydrogen) atoms. The molecular formula is C16H19Cl2FN2O4S. The highest BCUT2D eigenvalue weighted by Gasteiger charge is 2.40. The molecule has 0 saturated heterocycles. The van der Waals surface area contributed by atoms with Crippen LogP contribution in [0.4, 0.5) is 14.9 Å². The van der Waals surface area contributed by atoms with Gasteiger partial charge in [0.05, 0.1) is 21.5 Å². The van der Waals surface area contributed by atoms with E-state index in [9.17, 15) is 22.7 Å². The van der Waals surface area contributed by atoms with Gasteiger partial charge in [0, 0.05) is 5.03 Å². The minimum absolute atomic E-state index is 0.168. The number of allylic oxidation sites excluding steroid dienone is 1. The van der Waals surface area contributed by atoms with Crippen LogP contribution in [0.5, 0.6) is 5.75 Å². The molecule has 0 spiro atoms. The van der Waals surface area contributed by atoms with Crippen LogP contribution in [0.25, 0.3) is 0 Å². The van der Waals surface area contributed by atoms with Gasteiger partial charge in [-0.1, -0.05) is 29.3 Å². The largest absolute Gasteiger partial charge is 0.504 e. The first kappa shape index (κ1) is 20.8. The molecule has 0 radical (unpaired) electrons. The van der Waals surface area contributed by atoms with Gasteiger partial charge in [0.1, 0.15) is 11.6 Å². The summed E-state index contributed by atoms with van der Waals surface area (Å²) in [5, 5.41) is 15.6. The van der Waals surface area contributed by atoms with E-state index in [-0.39, 0.29) is 16.8 Å². The molecule has 1 aliphatic rings. The number of aromatic hydroxyl groups is 1. The number of amides is 2. The van der Waals surface area contributed by atoms with Crippen molar-refractivity contribution < 1.29 is 22.7 Å². The molecule has 0 heterocycles. The first-order valence-electron chi connectivity index (χ1n) is 7.76. The number of alkyl halides is 1. The zero-order chi connectivity index (χ0) is 19.7. The summed E-state index contributed by atoms with van der Waals surface area (Å²) in [6, 6.07) is 1.44. The summed E-state index contributed by atoms with van der Waals surface area (Å²) in [4.78, 5) is 11.5. The average Bonchev–Trinajstić information content (AvgIpc) is 2.94. The van der Waals surface area contributed by atoms with Crippen molar-refractivity contribution in [2.24, 2.45) is 0 Å². The molecule has 2 amide bonds. The Kier molecular flexibility index (Phi) is 6.09. The molecule has 144 valence electrons. The highest BCUT2D eigenvalue weighted by molar-refractivity contribution is 7.93. The SMILES string of the molecule is CC(C)(CF)S(=O)(=O)c1c(Cl)ccc(NC(=O)NC2CCC=C2Cl)c1O. The van der Waals surface area contributed by atoms with E-state index in [2.05, 4.69) is 10.6 Å². The van der Waals surface area contributed by atoms with Gasteiger partial charge in [-0.25, -0.2) is 17.6 Å². The molecule has 1 aromatic rings. The predicted octanol–water partition coefficient (Wildman–Crippen LogP) is 3.97. The Morgan fingerprint density at radius 1 is 1.38 bits per heavy atom. The van der Waals surface area contributed by atoms with Crippen molar-refractivity contribution in [1.82, 2.24) is 5.32 Å². The average molecular weight is 425 g/mol. The van der Waals surface area contributed by atoms with E-state index in [1.54, 1.807) is 6.08 Å². The van der Waals surface area contributed by atoms with Gasteiger partial charge in [-0.2, -0.15) is 0 Å². The molecule has 1 aliphatic carbocycles. The molecule has 10 heteroatoms. The Hall–Kier alpha value is -1.51. The fourth-order valence-electron chi connectivity index (χ4n) is 2.38. The van der Waals surface area contributed by atoms with Crippen molar-refractivity contribution >= 4 is 44.8 Å². The van der Waals surface area contributed by atoms with Crippen LogP contribution >= 0.6 is 23.2 Å². The molecule has 0 fully saturated rings. The summed E-state index contributed by atoms with van der Waals surface area (Å²) < 4.78 is 36.7. The second-order valence-electron chi connectivity index (χ2n) is 6.49. The van der Waals surface area contributed by atoms with Crippen LogP contribution in [-0.4, -0.2) is 37.0 Å². The molecule has 6 nitrogen and oxygen atoms in total. The molecule has 0 bridgehead atoms. The number of phenolic OH excluding ortho intramolecular Hbond substituents is 1. The fraction of sp³-hybridized carbons (Fsp3) is 0.438. The van der Waals surface area contributed by atoms with Gasteiger partial charge in [-0.3, -0.25) is 0 Å². The van der Waals surface area contributed by atoms with Crippen LogP contribution in [0, 0.1) is 0 Å². The van der Waals surface area contributed by atoms with Crippen molar-refractivity contribution in [3.63, 3.8) is 0 Å². The van der Waals surface area contributed by atoms with Crippen LogP contribution in [-0.2, 0) is 9.84 Å². The number of nitrogens with one attached hydrogen (secondary N) is 2. The number of hydrogen-bond acceptors (Lipinski definition) is 4.